The van der Waals surface area contributed by atoms with Gasteiger partial charge in [-0.15, -0.1) is 6.58 Å². The SMILES string of the molecule is C=CCC(=O)OCO[SiH](OC)OC. The maximum atomic E-state index is 10.8. The lowest BCUT2D eigenvalue weighted by molar-refractivity contribution is -0.150. The molecule has 0 radical (unpaired) electrons. The molecule has 0 aliphatic rings. The monoisotopic (exact) mass is 206 g/mol. The van der Waals surface area contributed by atoms with Gasteiger partial charge in [-0.2, -0.15) is 0 Å². The molecule has 0 bridgehead atoms. The zero-order valence-electron chi connectivity index (χ0n) is 7.82. The van der Waals surface area contributed by atoms with Gasteiger partial charge in [-0.05, 0) is 0 Å². The first-order valence-electron chi connectivity index (χ1n) is 3.68. The molecule has 0 saturated heterocycles. The van der Waals surface area contributed by atoms with E-state index in [1.165, 1.54) is 20.3 Å². The molecule has 13 heavy (non-hydrogen) atoms. The van der Waals surface area contributed by atoms with Crippen LogP contribution in [-0.4, -0.2) is 36.5 Å². The number of hydrogen-bond acceptors (Lipinski definition) is 5. The summed E-state index contributed by atoms with van der Waals surface area (Å²) in [5.41, 5.74) is 0. The topological polar surface area (TPSA) is 54.0 Å². The van der Waals surface area contributed by atoms with Crippen LogP contribution in [0.1, 0.15) is 6.42 Å². The van der Waals surface area contributed by atoms with Crippen LogP contribution in [0.15, 0.2) is 12.7 Å². The third-order valence-electron chi connectivity index (χ3n) is 1.12. The Kier molecular flexibility index (Phi) is 7.51. The van der Waals surface area contributed by atoms with Gasteiger partial charge in [0, 0.05) is 14.2 Å². The standard InChI is InChI=1S/C7H14O5Si/c1-4-5-7(8)11-6-12-13(9-2)10-3/h4,13H,1,5-6H2,2-3H3. The van der Waals surface area contributed by atoms with E-state index >= 15 is 0 Å². The molecule has 0 amide bonds. The maximum absolute atomic E-state index is 10.8. The fraction of sp³-hybridized carbons (Fsp3) is 0.571. The van der Waals surface area contributed by atoms with E-state index in [2.05, 4.69) is 11.3 Å². The van der Waals surface area contributed by atoms with E-state index in [1.54, 1.807) is 0 Å². The van der Waals surface area contributed by atoms with Crippen LogP contribution in [0.5, 0.6) is 0 Å². The third kappa shape index (κ3) is 6.47. The van der Waals surface area contributed by atoms with Gasteiger partial charge in [0.1, 0.15) is 0 Å². The van der Waals surface area contributed by atoms with Crippen LogP contribution >= 0.6 is 0 Å². The summed E-state index contributed by atoms with van der Waals surface area (Å²) in [6.45, 7) is 3.26. The highest BCUT2D eigenvalue weighted by molar-refractivity contribution is 6.36. The van der Waals surface area contributed by atoms with Crippen LogP contribution in [0.4, 0.5) is 0 Å². The van der Waals surface area contributed by atoms with Crippen LogP contribution in [-0.2, 0) is 22.8 Å². The van der Waals surface area contributed by atoms with Crippen molar-refractivity contribution in [3.8, 4) is 0 Å². The molecule has 0 saturated carbocycles. The van der Waals surface area contributed by atoms with Gasteiger partial charge < -0.3 is 18.0 Å². The van der Waals surface area contributed by atoms with Gasteiger partial charge in [0.15, 0.2) is 6.79 Å². The van der Waals surface area contributed by atoms with Crippen LogP contribution in [0.3, 0.4) is 0 Å². The summed E-state index contributed by atoms with van der Waals surface area (Å²) < 4.78 is 19.3. The summed E-state index contributed by atoms with van der Waals surface area (Å²) in [5, 5.41) is 0. The van der Waals surface area contributed by atoms with Crippen molar-refractivity contribution in [2.45, 2.75) is 6.42 Å². The minimum absolute atomic E-state index is 0.134. The van der Waals surface area contributed by atoms with Gasteiger partial charge in [-0.25, -0.2) is 0 Å². The zero-order chi connectivity index (χ0) is 10.1. The van der Waals surface area contributed by atoms with Crippen LogP contribution < -0.4 is 0 Å². The van der Waals surface area contributed by atoms with E-state index in [4.69, 9.17) is 13.3 Å². The third-order valence-corrected chi connectivity index (χ3v) is 2.30. The zero-order valence-corrected chi connectivity index (χ0v) is 8.97. The lowest BCUT2D eigenvalue weighted by atomic mass is 10.4. The van der Waals surface area contributed by atoms with E-state index in [0.29, 0.717) is 0 Å². The lowest BCUT2D eigenvalue weighted by Gasteiger charge is -2.11. The van der Waals surface area contributed by atoms with Gasteiger partial charge in [0.2, 0.25) is 0 Å². The van der Waals surface area contributed by atoms with Crippen molar-refractivity contribution in [2.75, 3.05) is 21.0 Å². The van der Waals surface area contributed by atoms with Crippen molar-refractivity contribution < 1.29 is 22.8 Å². The quantitative estimate of drug-likeness (QED) is 0.256. The van der Waals surface area contributed by atoms with E-state index < -0.39 is 9.53 Å². The van der Waals surface area contributed by atoms with E-state index in [-0.39, 0.29) is 19.2 Å². The van der Waals surface area contributed by atoms with Gasteiger partial charge in [0.25, 0.3) is 0 Å². The summed E-state index contributed by atoms with van der Waals surface area (Å²) in [4.78, 5) is 10.8. The Labute approximate surface area is 79.2 Å². The first-order valence-corrected chi connectivity index (χ1v) is 5.09. The van der Waals surface area contributed by atoms with Gasteiger partial charge >= 0.3 is 15.5 Å². The largest absolute Gasteiger partial charge is 0.486 e. The molecule has 6 heteroatoms. The average Bonchev–Trinajstić information content (AvgIpc) is 2.13. The Morgan fingerprint density at radius 3 is 2.54 bits per heavy atom. The van der Waals surface area contributed by atoms with Crippen LogP contribution in [0.2, 0.25) is 0 Å². The highest BCUT2D eigenvalue weighted by Gasteiger charge is 2.11. The second-order valence-electron chi connectivity index (χ2n) is 2.05. The molecule has 0 aromatic carbocycles. The molecule has 76 valence electrons. The van der Waals surface area contributed by atoms with Crippen molar-refractivity contribution in [1.29, 1.82) is 0 Å². The number of carbonyl (C=O) groups excluding carboxylic acids is 1. The minimum Gasteiger partial charge on any atom is -0.439 e. The Morgan fingerprint density at radius 1 is 1.46 bits per heavy atom. The van der Waals surface area contributed by atoms with Crippen molar-refractivity contribution in [3.05, 3.63) is 12.7 Å². The number of rotatable bonds is 7. The number of esters is 1. The Balaban J connectivity index is 3.42. The lowest BCUT2D eigenvalue weighted by Crippen LogP contribution is -2.25. The molecule has 0 aliphatic heterocycles. The molecule has 0 spiro atoms. The van der Waals surface area contributed by atoms with Crippen molar-refractivity contribution in [1.82, 2.24) is 0 Å². The van der Waals surface area contributed by atoms with Crippen LogP contribution in [0, 0.1) is 0 Å². The molecular formula is C7H14O5Si. The Morgan fingerprint density at radius 2 is 2.08 bits per heavy atom. The van der Waals surface area contributed by atoms with Gasteiger partial charge in [-0.3, -0.25) is 4.79 Å². The molecule has 0 aromatic heterocycles. The Hall–Kier alpha value is -0.693. The van der Waals surface area contributed by atoms with Crippen molar-refractivity contribution >= 4 is 15.5 Å². The first kappa shape index (κ1) is 12.3. The smallest absolute Gasteiger partial charge is 0.439 e. The highest BCUT2D eigenvalue weighted by Crippen LogP contribution is 1.91. The number of ether oxygens (including phenoxy) is 1. The second kappa shape index (κ2) is 7.93. The molecule has 5 nitrogen and oxygen atoms in total. The van der Waals surface area contributed by atoms with Crippen molar-refractivity contribution in [2.24, 2.45) is 0 Å². The fourth-order valence-corrected chi connectivity index (χ4v) is 1.21. The summed E-state index contributed by atoms with van der Waals surface area (Å²) >= 11 is 0. The molecule has 0 aromatic rings. The summed E-state index contributed by atoms with van der Waals surface area (Å²) in [5.74, 6) is -0.380. The van der Waals surface area contributed by atoms with Crippen molar-refractivity contribution in [3.63, 3.8) is 0 Å². The molecule has 0 aliphatic carbocycles. The predicted octanol–water partition coefficient (Wildman–Crippen LogP) is 0.0898. The van der Waals surface area contributed by atoms with Crippen LogP contribution in [0.25, 0.3) is 0 Å². The van der Waals surface area contributed by atoms with E-state index in [1.807, 2.05) is 0 Å². The molecule has 0 heterocycles. The van der Waals surface area contributed by atoms with Gasteiger partial charge in [-0.1, -0.05) is 6.08 Å². The molecular weight excluding hydrogens is 192 g/mol. The molecule has 0 rings (SSSR count). The number of carbonyl (C=O) groups is 1. The normalized spacial score (nSPS) is 10.1. The number of hydrogen-bond donors (Lipinski definition) is 0. The average molecular weight is 206 g/mol. The molecule has 0 N–H and O–H groups in total. The summed E-state index contributed by atoms with van der Waals surface area (Å²) in [7, 11) is 0.882. The van der Waals surface area contributed by atoms with E-state index in [0.717, 1.165) is 0 Å². The predicted molar refractivity (Wildman–Crippen MR) is 48.0 cm³/mol. The second-order valence-corrected chi connectivity index (χ2v) is 3.91. The van der Waals surface area contributed by atoms with E-state index in [9.17, 15) is 4.79 Å². The molecule has 0 atom stereocenters. The first-order chi connectivity index (χ1) is 6.24. The highest BCUT2D eigenvalue weighted by atomic mass is 28.3. The maximum Gasteiger partial charge on any atom is 0.486 e. The summed E-state index contributed by atoms with van der Waals surface area (Å²) in [6.07, 6.45) is 1.64. The molecule has 0 fully saturated rings. The Bertz CT molecular complexity index is 157. The fourth-order valence-electron chi connectivity index (χ4n) is 0.564. The van der Waals surface area contributed by atoms with Gasteiger partial charge in [0.05, 0.1) is 6.42 Å². The molecule has 0 unspecified atom stereocenters. The summed E-state index contributed by atoms with van der Waals surface area (Å²) in [6, 6.07) is 0. The minimum atomic E-state index is -2.07.